The lowest BCUT2D eigenvalue weighted by molar-refractivity contribution is -0.127. The van der Waals surface area contributed by atoms with Gasteiger partial charge in [0.15, 0.2) is 6.34 Å². The van der Waals surface area contributed by atoms with Gasteiger partial charge in [-0.15, -0.1) is 0 Å². The summed E-state index contributed by atoms with van der Waals surface area (Å²) in [6.45, 7) is 0. The fraction of sp³-hybridized carbons (Fsp3) is 0.250. The second kappa shape index (κ2) is 1.73. The van der Waals surface area contributed by atoms with Crippen LogP contribution in [0.25, 0.3) is 0 Å². The van der Waals surface area contributed by atoms with Crippen LogP contribution in [0.4, 0.5) is 0 Å². The highest BCUT2D eigenvalue weighted by molar-refractivity contribution is 6.07. The maximum absolute atomic E-state index is 10.2. The van der Waals surface area contributed by atoms with Crippen LogP contribution in [0.1, 0.15) is 6.42 Å². The van der Waals surface area contributed by atoms with E-state index < -0.39 is 5.91 Å². The third-order valence-electron chi connectivity index (χ3n) is 0.688. The Morgan fingerprint density at radius 2 is 2.38 bits per heavy atom. The minimum Gasteiger partial charge on any atom is -0.307 e. The van der Waals surface area contributed by atoms with Gasteiger partial charge in [0.2, 0.25) is 5.91 Å². The van der Waals surface area contributed by atoms with Gasteiger partial charge in [-0.2, -0.15) is 4.99 Å². The Kier molecular flexibility index (Phi) is 1.07. The van der Waals surface area contributed by atoms with Crippen molar-refractivity contribution in [3.63, 3.8) is 0 Å². The molecule has 1 N–H and O–H groups in total. The first kappa shape index (κ1) is 4.96. The molecule has 1 radical (unpaired) electrons. The minimum atomic E-state index is -0.436. The second-order valence-electron chi connectivity index (χ2n) is 1.34. The van der Waals surface area contributed by atoms with Crippen molar-refractivity contribution in [2.45, 2.75) is 6.42 Å². The molecule has 0 saturated heterocycles. The van der Waals surface area contributed by atoms with Crippen LogP contribution in [-0.4, -0.2) is 18.2 Å². The van der Waals surface area contributed by atoms with Gasteiger partial charge in [0.05, 0.1) is 0 Å². The predicted molar refractivity (Wildman–Crippen MR) is 25.2 cm³/mol. The summed E-state index contributed by atoms with van der Waals surface area (Å²) < 4.78 is 0. The zero-order chi connectivity index (χ0) is 5.98. The summed E-state index contributed by atoms with van der Waals surface area (Å²) in [5, 5.41) is 2.14. The van der Waals surface area contributed by atoms with Crippen molar-refractivity contribution < 1.29 is 9.59 Å². The maximum Gasteiger partial charge on any atom is 0.257 e. The van der Waals surface area contributed by atoms with Crippen molar-refractivity contribution in [2.75, 3.05) is 0 Å². The van der Waals surface area contributed by atoms with Crippen LogP contribution >= 0.6 is 0 Å². The maximum atomic E-state index is 10.2. The fourth-order valence-corrected chi connectivity index (χ4v) is 0.374. The van der Waals surface area contributed by atoms with E-state index in [0.717, 1.165) is 0 Å². The van der Waals surface area contributed by atoms with Crippen LogP contribution in [0.5, 0.6) is 0 Å². The van der Waals surface area contributed by atoms with E-state index in [1.54, 1.807) is 0 Å². The topological polar surface area (TPSA) is 58.5 Å². The van der Waals surface area contributed by atoms with Gasteiger partial charge in [0, 0.05) is 0 Å². The molecule has 1 heterocycles. The molecule has 1 rings (SSSR count). The van der Waals surface area contributed by atoms with Crippen LogP contribution in [-0.2, 0) is 9.59 Å². The van der Waals surface area contributed by atoms with E-state index in [0.29, 0.717) is 0 Å². The molecule has 8 heavy (non-hydrogen) atoms. The van der Waals surface area contributed by atoms with Gasteiger partial charge >= 0.3 is 0 Å². The molecule has 0 bridgehead atoms. The van der Waals surface area contributed by atoms with Crippen molar-refractivity contribution in [2.24, 2.45) is 4.99 Å². The van der Waals surface area contributed by atoms with Crippen LogP contribution in [0.3, 0.4) is 0 Å². The molecule has 0 saturated carbocycles. The molecule has 0 unspecified atom stereocenters. The summed E-state index contributed by atoms with van der Waals surface area (Å²) in [4.78, 5) is 23.6. The average molecular weight is 111 g/mol. The zero-order valence-corrected chi connectivity index (χ0v) is 3.97. The van der Waals surface area contributed by atoms with Crippen molar-refractivity contribution in [1.29, 1.82) is 0 Å². The summed E-state index contributed by atoms with van der Waals surface area (Å²) in [6.07, 6.45) is 1.91. The van der Waals surface area contributed by atoms with Gasteiger partial charge in [-0.3, -0.25) is 9.59 Å². The minimum absolute atomic E-state index is 0.146. The lowest BCUT2D eigenvalue weighted by Crippen LogP contribution is -2.28. The third-order valence-corrected chi connectivity index (χ3v) is 0.688. The van der Waals surface area contributed by atoms with Gasteiger partial charge in [0.1, 0.15) is 6.42 Å². The standard InChI is InChI=1S/C4H3N2O2/c7-3-1-4(8)6-2-5-3/h1H2,(H,5,6,7,8). The molecule has 1 aliphatic heterocycles. The van der Waals surface area contributed by atoms with Gasteiger partial charge < -0.3 is 5.32 Å². The molecule has 0 aromatic rings. The first-order valence-corrected chi connectivity index (χ1v) is 2.06. The predicted octanol–water partition coefficient (Wildman–Crippen LogP) is -1.06. The average Bonchev–Trinajstić information content (AvgIpc) is 1.64. The largest absolute Gasteiger partial charge is 0.307 e. The van der Waals surface area contributed by atoms with Crippen LogP contribution < -0.4 is 5.32 Å². The number of amides is 2. The molecular weight excluding hydrogens is 108 g/mol. The summed E-state index contributed by atoms with van der Waals surface area (Å²) in [5.74, 6) is -0.779. The highest BCUT2D eigenvalue weighted by atomic mass is 16.2. The number of nitrogens with zero attached hydrogens (tertiary/aromatic N) is 1. The third kappa shape index (κ3) is 0.900. The fourth-order valence-electron chi connectivity index (χ4n) is 0.374. The summed E-state index contributed by atoms with van der Waals surface area (Å²) in [7, 11) is 0. The number of rotatable bonds is 0. The number of carbonyl (C=O) groups is 2. The number of nitrogens with one attached hydrogen (secondary N) is 1. The Labute approximate surface area is 45.6 Å². The molecule has 0 atom stereocenters. The normalized spacial score (nSPS) is 18.5. The number of hydrogen-bond acceptors (Lipinski definition) is 2. The highest BCUT2D eigenvalue weighted by Crippen LogP contribution is 1.87. The van der Waals surface area contributed by atoms with E-state index in [4.69, 9.17) is 0 Å². The highest BCUT2D eigenvalue weighted by Gasteiger charge is 2.10. The zero-order valence-electron chi connectivity index (χ0n) is 3.97. The first-order valence-electron chi connectivity index (χ1n) is 2.06. The molecule has 0 aromatic carbocycles. The van der Waals surface area contributed by atoms with E-state index >= 15 is 0 Å². The smallest absolute Gasteiger partial charge is 0.257 e. The lowest BCUT2D eigenvalue weighted by Gasteiger charge is -1.98. The van der Waals surface area contributed by atoms with E-state index in [9.17, 15) is 9.59 Å². The SMILES string of the molecule is O=C1CC(=O)N[C]=N1. The molecule has 0 spiro atoms. The van der Waals surface area contributed by atoms with Crippen molar-refractivity contribution >= 4 is 18.2 Å². The Hall–Kier alpha value is -1.19. The molecule has 2 amide bonds. The van der Waals surface area contributed by atoms with E-state index in [2.05, 4.69) is 16.6 Å². The Balaban J connectivity index is 2.68. The van der Waals surface area contributed by atoms with Gasteiger partial charge in [-0.05, 0) is 0 Å². The lowest BCUT2D eigenvalue weighted by atomic mass is 10.4. The first-order chi connectivity index (χ1) is 3.79. The van der Waals surface area contributed by atoms with Crippen LogP contribution in [0.15, 0.2) is 4.99 Å². The molecule has 0 fully saturated rings. The number of hydrogen-bond donors (Lipinski definition) is 1. The van der Waals surface area contributed by atoms with Gasteiger partial charge in [0.25, 0.3) is 5.91 Å². The van der Waals surface area contributed by atoms with Gasteiger partial charge in [-0.25, -0.2) is 0 Å². The van der Waals surface area contributed by atoms with Crippen molar-refractivity contribution in [1.82, 2.24) is 5.32 Å². The van der Waals surface area contributed by atoms with E-state index in [-0.39, 0.29) is 12.3 Å². The number of carbonyl (C=O) groups excluding carboxylic acids is 2. The summed E-state index contributed by atoms with van der Waals surface area (Å²) in [6, 6.07) is 0. The molecule has 41 valence electrons. The Morgan fingerprint density at radius 1 is 1.62 bits per heavy atom. The Morgan fingerprint density at radius 3 is 2.75 bits per heavy atom. The van der Waals surface area contributed by atoms with Gasteiger partial charge in [-0.1, -0.05) is 0 Å². The van der Waals surface area contributed by atoms with Crippen molar-refractivity contribution in [3.05, 3.63) is 0 Å². The monoisotopic (exact) mass is 111 g/mol. The quantitative estimate of drug-likeness (QED) is 0.405. The van der Waals surface area contributed by atoms with Crippen LogP contribution in [0.2, 0.25) is 0 Å². The van der Waals surface area contributed by atoms with E-state index in [1.807, 2.05) is 0 Å². The van der Waals surface area contributed by atoms with Crippen molar-refractivity contribution in [3.8, 4) is 0 Å². The summed E-state index contributed by atoms with van der Waals surface area (Å²) >= 11 is 0. The molecule has 4 nitrogen and oxygen atoms in total. The number of aliphatic imine (C=N–C) groups is 1. The molecule has 0 aliphatic carbocycles. The second-order valence-corrected chi connectivity index (χ2v) is 1.34. The molecule has 0 aromatic heterocycles. The van der Waals surface area contributed by atoms with Crippen LogP contribution in [0, 0.1) is 0 Å². The molecular formula is C4H3N2O2. The molecule has 1 aliphatic rings. The van der Waals surface area contributed by atoms with E-state index in [1.165, 1.54) is 0 Å². The Bertz CT molecular complexity index is 161. The summed E-state index contributed by atoms with van der Waals surface area (Å²) in [5.41, 5.74) is 0. The molecule has 4 heteroatoms.